The van der Waals surface area contributed by atoms with E-state index in [1.807, 2.05) is 18.7 Å². The van der Waals surface area contributed by atoms with Gasteiger partial charge in [0.2, 0.25) is 22.6 Å². The van der Waals surface area contributed by atoms with Crippen LogP contribution in [0.5, 0.6) is 5.88 Å². The van der Waals surface area contributed by atoms with E-state index in [2.05, 4.69) is 20.2 Å². The number of fused-ring (bicyclic) bond motifs is 2. The first-order chi connectivity index (χ1) is 25.2. The number of pyridine rings is 2. The number of alkyl halides is 3. The van der Waals surface area contributed by atoms with Crippen LogP contribution in [0.3, 0.4) is 0 Å². The monoisotopic (exact) mass is 754 g/mol. The van der Waals surface area contributed by atoms with Gasteiger partial charge in [0.05, 0.1) is 29.6 Å². The quantitative estimate of drug-likeness (QED) is 0.263. The molecule has 1 aromatic carbocycles. The molecular formula is C36H38ClF3N8O5. The second kappa shape index (κ2) is 13.7. The number of aryl methyl sites for hydroxylation is 1. The Morgan fingerprint density at radius 1 is 1.13 bits per heavy atom. The molecule has 4 aromatic rings. The number of ether oxygens (including phenoxy) is 1. The van der Waals surface area contributed by atoms with Crippen LogP contribution >= 0.6 is 11.6 Å². The van der Waals surface area contributed by atoms with Crippen molar-refractivity contribution in [2.45, 2.75) is 64.8 Å². The van der Waals surface area contributed by atoms with Crippen LogP contribution in [0, 0.1) is 12.8 Å². The number of aromatic amines is 1. The van der Waals surface area contributed by atoms with Crippen LogP contribution in [0.2, 0.25) is 5.02 Å². The number of nitrogens with zero attached hydrogens (tertiary/aromatic N) is 6. The Morgan fingerprint density at radius 3 is 2.53 bits per heavy atom. The van der Waals surface area contributed by atoms with Crippen molar-refractivity contribution in [2.75, 3.05) is 48.4 Å². The molecule has 5 heterocycles. The van der Waals surface area contributed by atoms with Crippen LogP contribution in [0.25, 0.3) is 11.2 Å². The molecule has 2 saturated heterocycles. The highest BCUT2D eigenvalue weighted by Crippen LogP contribution is 2.46. The number of piperidine rings is 1. The van der Waals surface area contributed by atoms with E-state index in [9.17, 15) is 32.3 Å². The van der Waals surface area contributed by atoms with Gasteiger partial charge in [0.25, 0.3) is 5.91 Å². The topological polar surface area (TPSA) is 146 Å². The fourth-order valence-corrected chi connectivity index (χ4v) is 7.82. The third-order valence-electron chi connectivity index (χ3n) is 10.4. The van der Waals surface area contributed by atoms with Gasteiger partial charge in [-0.3, -0.25) is 19.2 Å². The number of carbonyl (C=O) groups excluding carboxylic acids is 2. The van der Waals surface area contributed by atoms with E-state index in [1.165, 1.54) is 13.3 Å². The molecule has 2 N–H and O–H groups in total. The second-order valence-electron chi connectivity index (χ2n) is 13.8. The summed E-state index contributed by atoms with van der Waals surface area (Å²) in [7, 11) is 1.37. The van der Waals surface area contributed by atoms with E-state index in [0.29, 0.717) is 41.1 Å². The third-order valence-corrected chi connectivity index (χ3v) is 10.7. The van der Waals surface area contributed by atoms with Gasteiger partial charge in [-0.2, -0.15) is 13.2 Å². The van der Waals surface area contributed by atoms with E-state index >= 15 is 0 Å². The number of methoxy groups -OCH3 is 1. The zero-order chi connectivity index (χ0) is 37.9. The predicted octanol–water partition coefficient (Wildman–Crippen LogP) is 4.62. The lowest BCUT2D eigenvalue weighted by Crippen LogP contribution is -2.55. The van der Waals surface area contributed by atoms with Gasteiger partial charge < -0.3 is 34.3 Å². The van der Waals surface area contributed by atoms with Crippen molar-refractivity contribution in [2.24, 2.45) is 5.92 Å². The van der Waals surface area contributed by atoms with Gasteiger partial charge in [0, 0.05) is 55.7 Å². The predicted molar refractivity (Wildman–Crippen MR) is 193 cm³/mol. The van der Waals surface area contributed by atoms with Crippen LogP contribution in [0.1, 0.15) is 53.9 Å². The van der Waals surface area contributed by atoms with Crippen LogP contribution < -0.4 is 30.7 Å². The number of hydrogen-bond acceptors (Lipinski definition) is 9. The minimum atomic E-state index is -4.61. The Kier molecular flexibility index (Phi) is 9.37. The second-order valence-corrected chi connectivity index (χ2v) is 14.2. The lowest BCUT2D eigenvalue weighted by molar-refractivity contribution is -0.137. The average Bonchev–Trinajstić information content (AvgIpc) is 3.78. The van der Waals surface area contributed by atoms with Crippen molar-refractivity contribution in [1.29, 1.82) is 0 Å². The third kappa shape index (κ3) is 6.57. The van der Waals surface area contributed by atoms with E-state index < -0.39 is 35.0 Å². The van der Waals surface area contributed by atoms with Crippen LogP contribution in [-0.2, 0) is 23.9 Å². The summed E-state index contributed by atoms with van der Waals surface area (Å²) in [5.41, 5.74) is -0.449. The van der Waals surface area contributed by atoms with Gasteiger partial charge in [0.15, 0.2) is 11.2 Å². The molecule has 3 aliphatic rings. The molecule has 2 aliphatic heterocycles. The molecule has 0 bridgehead atoms. The van der Waals surface area contributed by atoms with E-state index in [0.717, 1.165) is 37.6 Å². The van der Waals surface area contributed by atoms with Crippen molar-refractivity contribution in [3.8, 4) is 5.88 Å². The van der Waals surface area contributed by atoms with Gasteiger partial charge in [-0.25, -0.2) is 9.97 Å². The Hall–Kier alpha value is -5.12. The molecular weight excluding hydrogens is 717 g/mol. The molecule has 13 nitrogen and oxygen atoms in total. The molecule has 3 fully saturated rings. The molecule has 17 heteroatoms. The minimum Gasteiger partial charge on any atom is -0.482 e. The van der Waals surface area contributed by atoms with Crippen molar-refractivity contribution < 1.29 is 27.5 Å². The highest BCUT2D eigenvalue weighted by molar-refractivity contribution is 6.33. The number of piperazine rings is 1. The molecule has 1 aliphatic carbocycles. The number of nitrogens with one attached hydrogen (secondary N) is 2. The van der Waals surface area contributed by atoms with Gasteiger partial charge in [-0.05, 0) is 57.2 Å². The Balaban J connectivity index is 1.26. The summed E-state index contributed by atoms with van der Waals surface area (Å²) in [6.07, 6.45) is 0.864. The molecule has 2 amide bonds. The Bertz CT molecular complexity index is 2260. The number of benzene rings is 1. The number of halogens is 4. The Morgan fingerprint density at radius 2 is 1.91 bits per heavy atom. The number of H-pyrrole nitrogens is 1. The first-order valence-electron chi connectivity index (χ1n) is 17.4. The molecule has 7 rings (SSSR count). The summed E-state index contributed by atoms with van der Waals surface area (Å²) in [4.78, 5) is 72.9. The molecule has 0 unspecified atom stereocenters. The van der Waals surface area contributed by atoms with Crippen LogP contribution in [0.4, 0.5) is 30.4 Å². The normalized spacial score (nSPS) is 19.8. The molecule has 280 valence electrons. The molecule has 3 atom stereocenters. The summed E-state index contributed by atoms with van der Waals surface area (Å²) >= 11 is 6.15. The zero-order valence-corrected chi connectivity index (χ0v) is 30.3. The summed E-state index contributed by atoms with van der Waals surface area (Å²) in [5, 5.41) is 2.32. The number of carbonyl (C=O) groups is 2. The SMILES string of the molecule is CCc1c(N2CCN(C(=O)c3c(OC)[nH]cc(C)c3=O)C[C@@H]2C)c(=O)c2nc(N3CC[C@@H]4C[C@@H]43)cnc2n1CC(=O)Nc1ccc(C(F)(F)F)cc1Cl. The number of anilines is 3. The standard InChI is InChI=1S/C36H38ClF3N8O5/c1-5-24-30(46-11-10-45(16-19(46)3)35(52)28-31(50)18(2)14-42-34(28)53-4)32(51)29-33(41-15-26(44-29)47-9-8-20-12-25(20)47)48(24)17-27(49)43-23-7-6-21(13-22(23)37)36(38,39)40/h6-7,13-15,19-20,25H,5,8-12,16-17H2,1-4H3,(H,42,50)(H,43,49)/t19-,20+,25-/m0/s1. The molecule has 1 saturated carbocycles. The first-order valence-corrected chi connectivity index (χ1v) is 17.8. The fraction of sp³-hybridized carbons (Fsp3) is 0.444. The van der Waals surface area contributed by atoms with Crippen molar-refractivity contribution in [3.05, 3.63) is 78.4 Å². The highest BCUT2D eigenvalue weighted by atomic mass is 35.5. The number of amides is 2. The van der Waals surface area contributed by atoms with Crippen LogP contribution in [0.15, 0.2) is 40.2 Å². The zero-order valence-electron chi connectivity index (χ0n) is 29.5. The van der Waals surface area contributed by atoms with Crippen molar-refractivity contribution >= 4 is 51.8 Å². The Labute approximate surface area is 306 Å². The number of hydrogen-bond donors (Lipinski definition) is 2. The van der Waals surface area contributed by atoms with E-state index in [-0.39, 0.29) is 64.9 Å². The minimum absolute atomic E-state index is 0.00633. The maximum Gasteiger partial charge on any atom is 0.416 e. The van der Waals surface area contributed by atoms with Crippen LogP contribution in [-0.4, -0.2) is 81.6 Å². The van der Waals surface area contributed by atoms with Gasteiger partial charge in [0.1, 0.15) is 23.6 Å². The largest absolute Gasteiger partial charge is 0.482 e. The first kappa shape index (κ1) is 36.2. The fourth-order valence-electron chi connectivity index (χ4n) is 7.59. The van der Waals surface area contributed by atoms with Crippen molar-refractivity contribution in [3.63, 3.8) is 0 Å². The van der Waals surface area contributed by atoms with Gasteiger partial charge in [-0.15, -0.1) is 0 Å². The molecule has 3 aromatic heterocycles. The van der Waals surface area contributed by atoms with Gasteiger partial charge in [-0.1, -0.05) is 18.5 Å². The highest BCUT2D eigenvalue weighted by Gasteiger charge is 2.47. The lowest BCUT2D eigenvalue weighted by atomic mass is 10.1. The summed E-state index contributed by atoms with van der Waals surface area (Å²) < 4.78 is 46.7. The summed E-state index contributed by atoms with van der Waals surface area (Å²) in [6, 6.07) is 2.61. The smallest absolute Gasteiger partial charge is 0.416 e. The summed E-state index contributed by atoms with van der Waals surface area (Å²) in [6.45, 7) is 6.32. The van der Waals surface area contributed by atoms with Gasteiger partial charge >= 0.3 is 6.18 Å². The number of rotatable bonds is 8. The van der Waals surface area contributed by atoms with E-state index in [1.54, 1.807) is 22.6 Å². The maximum absolute atomic E-state index is 14.6. The molecule has 53 heavy (non-hydrogen) atoms. The lowest BCUT2D eigenvalue weighted by Gasteiger charge is -2.42. The van der Waals surface area contributed by atoms with E-state index in [4.69, 9.17) is 21.3 Å². The number of aromatic nitrogens is 4. The maximum atomic E-state index is 14.6. The average molecular weight is 755 g/mol. The molecule has 0 radical (unpaired) electrons. The molecule has 0 spiro atoms. The van der Waals surface area contributed by atoms with Crippen molar-refractivity contribution in [1.82, 2.24) is 24.4 Å². The summed E-state index contributed by atoms with van der Waals surface area (Å²) in [5.74, 6) is 0.126.